The van der Waals surface area contributed by atoms with E-state index in [9.17, 15) is 9.90 Å². The Bertz CT molecular complexity index is 1570. The van der Waals surface area contributed by atoms with Crippen molar-refractivity contribution in [2.24, 2.45) is 0 Å². The number of rotatable bonds is 5. The summed E-state index contributed by atoms with van der Waals surface area (Å²) in [6, 6.07) is 20.8. The molecule has 2 aromatic carbocycles. The van der Waals surface area contributed by atoms with Gasteiger partial charge < -0.3 is 16.2 Å². The zero-order valence-electron chi connectivity index (χ0n) is 20.4. The van der Waals surface area contributed by atoms with Gasteiger partial charge in [-0.2, -0.15) is 0 Å². The van der Waals surface area contributed by atoms with Crippen LogP contribution >= 0.6 is 0 Å². The van der Waals surface area contributed by atoms with E-state index in [1.165, 1.54) is 16.6 Å². The number of benzene rings is 2. The van der Waals surface area contributed by atoms with Crippen molar-refractivity contribution in [3.63, 3.8) is 0 Å². The van der Waals surface area contributed by atoms with E-state index in [0.717, 1.165) is 61.3 Å². The standard InChI is InChI=1S/C28H27N5O2.H3N/c1-19-8-9-22-23(30-19)5-3-6-24(22)32-16-14-31(15-17-32)13-12-20-4-2-7-25-21(20)10-11-26-27(28(34)35)29-18-33(25)26;/h2-11,18H,12-17H2,1H3,(H,34,35);1H3. The van der Waals surface area contributed by atoms with Crippen LogP contribution in [0.4, 0.5) is 5.69 Å². The van der Waals surface area contributed by atoms with Gasteiger partial charge in [0.1, 0.15) is 6.33 Å². The summed E-state index contributed by atoms with van der Waals surface area (Å²) in [5.74, 6) is -1.00. The molecule has 0 aliphatic carbocycles. The lowest BCUT2D eigenvalue weighted by Gasteiger charge is -2.36. The molecule has 0 amide bonds. The molecule has 1 fully saturated rings. The maximum Gasteiger partial charge on any atom is 0.356 e. The molecule has 3 aromatic heterocycles. The number of hydrogen-bond donors (Lipinski definition) is 2. The van der Waals surface area contributed by atoms with Crippen molar-refractivity contribution < 1.29 is 9.90 Å². The summed E-state index contributed by atoms with van der Waals surface area (Å²) in [7, 11) is 0. The molecule has 1 saturated heterocycles. The molecule has 0 bridgehead atoms. The predicted molar refractivity (Wildman–Crippen MR) is 144 cm³/mol. The van der Waals surface area contributed by atoms with Crippen molar-refractivity contribution in [2.75, 3.05) is 37.6 Å². The lowest BCUT2D eigenvalue weighted by atomic mass is 10.0. The third kappa shape index (κ3) is 4.14. The molecule has 4 heterocycles. The number of aryl methyl sites for hydroxylation is 1. The van der Waals surface area contributed by atoms with Gasteiger partial charge in [-0.3, -0.25) is 14.3 Å². The van der Waals surface area contributed by atoms with Gasteiger partial charge in [0, 0.05) is 54.9 Å². The predicted octanol–water partition coefficient (Wildman–Crippen LogP) is 4.57. The molecule has 6 rings (SSSR count). The monoisotopic (exact) mass is 482 g/mol. The van der Waals surface area contributed by atoms with E-state index in [-0.39, 0.29) is 11.8 Å². The third-order valence-corrected chi connectivity index (χ3v) is 7.11. The van der Waals surface area contributed by atoms with Gasteiger partial charge in [-0.25, -0.2) is 9.78 Å². The molecule has 0 unspecified atom stereocenters. The maximum atomic E-state index is 11.5. The number of fused-ring (bicyclic) bond motifs is 4. The zero-order valence-corrected chi connectivity index (χ0v) is 20.4. The number of pyridine rings is 2. The van der Waals surface area contributed by atoms with E-state index in [4.69, 9.17) is 4.98 Å². The van der Waals surface area contributed by atoms with Gasteiger partial charge in [0.05, 0.1) is 16.6 Å². The van der Waals surface area contributed by atoms with E-state index in [0.29, 0.717) is 5.52 Å². The number of carboxylic acids is 1. The second-order valence-electron chi connectivity index (χ2n) is 9.21. The summed E-state index contributed by atoms with van der Waals surface area (Å²) in [6.07, 6.45) is 2.55. The van der Waals surface area contributed by atoms with Gasteiger partial charge in [-0.1, -0.05) is 24.3 Å². The fourth-order valence-corrected chi connectivity index (χ4v) is 5.26. The van der Waals surface area contributed by atoms with Crippen LogP contribution in [0.5, 0.6) is 0 Å². The van der Waals surface area contributed by atoms with E-state index in [1.54, 1.807) is 6.33 Å². The summed E-state index contributed by atoms with van der Waals surface area (Å²) in [6.45, 7) is 7.06. The van der Waals surface area contributed by atoms with Crippen LogP contribution in [0.2, 0.25) is 0 Å². The van der Waals surface area contributed by atoms with Crippen LogP contribution in [0.25, 0.3) is 27.3 Å². The zero-order chi connectivity index (χ0) is 23.9. The minimum absolute atomic E-state index is 0. The molecule has 0 radical (unpaired) electrons. The quantitative estimate of drug-likeness (QED) is 0.378. The number of carbonyl (C=O) groups is 1. The number of carboxylic acid groups (broad SMARTS) is 1. The molecule has 36 heavy (non-hydrogen) atoms. The molecule has 1 aliphatic heterocycles. The SMILES string of the molecule is Cc1ccc2c(N3CCN(CCc4cccc5c4ccc4c(C(=O)O)ncn45)CC3)cccc2n1.N. The summed E-state index contributed by atoms with van der Waals surface area (Å²) in [5, 5.41) is 11.8. The van der Waals surface area contributed by atoms with E-state index in [2.05, 4.69) is 51.2 Å². The highest BCUT2D eigenvalue weighted by molar-refractivity contribution is 5.96. The fraction of sp³-hybridized carbons (Fsp3) is 0.250. The van der Waals surface area contributed by atoms with Crippen LogP contribution in [-0.2, 0) is 6.42 Å². The van der Waals surface area contributed by atoms with Crippen LogP contribution in [-0.4, -0.2) is 63.1 Å². The van der Waals surface area contributed by atoms with Gasteiger partial charge in [-0.05, 0) is 55.3 Å². The van der Waals surface area contributed by atoms with Crippen molar-refractivity contribution in [1.82, 2.24) is 25.4 Å². The molecule has 4 N–H and O–H groups in total. The van der Waals surface area contributed by atoms with Crippen molar-refractivity contribution in [3.05, 3.63) is 83.9 Å². The van der Waals surface area contributed by atoms with Gasteiger partial charge in [0.2, 0.25) is 0 Å². The summed E-state index contributed by atoms with van der Waals surface area (Å²) in [5.41, 5.74) is 6.35. The summed E-state index contributed by atoms with van der Waals surface area (Å²) >= 11 is 0. The highest BCUT2D eigenvalue weighted by Gasteiger charge is 2.19. The van der Waals surface area contributed by atoms with Gasteiger partial charge in [0.25, 0.3) is 0 Å². The first-order valence-electron chi connectivity index (χ1n) is 12.0. The Morgan fingerprint density at radius 2 is 1.69 bits per heavy atom. The number of hydrogen-bond acceptors (Lipinski definition) is 6. The Balaban J connectivity index is 0.00000267. The number of imidazole rings is 1. The molecule has 8 nitrogen and oxygen atoms in total. The van der Waals surface area contributed by atoms with Crippen LogP contribution in [0, 0.1) is 6.92 Å². The van der Waals surface area contributed by atoms with E-state index >= 15 is 0 Å². The molecule has 1 aliphatic rings. The van der Waals surface area contributed by atoms with Crippen molar-refractivity contribution in [1.29, 1.82) is 0 Å². The average Bonchev–Trinajstić information content (AvgIpc) is 3.32. The number of aromatic carboxylic acids is 1. The van der Waals surface area contributed by atoms with E-state index < -0.39 is 5.97 Å². The average molecular weight is 483 g/mol. The molecular formula is C28H30N6O2. The van der Waals surface area contributed by atoms with Gasteiger partial charge in [-0.15, -0.1) is 0 Å². The lowest BCUT2D eigenvalue weighted by Crippen LogP contribution is -2.47. The van der Waals surface area contributed by atoms with Crippen LogP contribution in [0.1, 0.15) is 21.7 Å². The largest absolute Gasteiger partial charge is 0.476 e. The lowest BCUT2D eigenvalue weighted by molar-refractivity contribution is 0.0693. The molecule has 0 saturated carbocycles. The number of piperazine rings is 1. The molecule has 5 aromatic rings. The third-order valence-electron chi connectivity index (χ3n) is 7.11. The first kappa shape index (κ1) is 23.7. The van der Waals surface area contributed by atoms with Crippen molar-refractivity contribution in [3.8, 4) is 0 Å². The van der Waals surface area contributed by atoms with Gasteiger partial charge >= 0.3 is 5.97 Å². The smallest absolute Gasteiger partial charge is 0.356 e. The number of anilines is 1. The minimum Gasteiger partial charge on any atom is -0.476 e. The van der Waals surface area contributed by atoms with Crippen molar-refractivity contribution >= 4 is 39.0 Å². The fourth-order valence-electron chi connectivity index (χ4n) is 5.26. The van der Waals surface area contributed by atoms with E-state index in [1.807, 2.05) is 35.6 Å². The first-order valence-corrected chi connectivity index (χ1v) is 12.0. The second kappa shape index (κ2) is 9.56. The molecular weight excluding hydrogens is 452 g/mol. The molecule has 184 valence electrons. The Morgan fingerprint density at radius 1 is 0.917 bits per heavy atom. The maximum absolute atomic E-state index is 11.5. The molecule has 0 atom stereocenters. The normalized spacial score (nSPS) is 14.4. The highest BCUT2D eigenvalue weighted by atomic mass is 16.4. The van der Waals surface area contributed by atoms with Crippen molar-refractivity contribution in [2.45, 2.75) is 13.3 Å². The Labute approximate surface area is 209 Å². The summed E-state index contributed by atoms with van der Waals surface area (Å²) < 4.78 is 1.88. The number of nitrogens with zero attached hydrogens (tertiary/aromatic N) is 5. The number of aromatic nitrogens is 3. The molecule has 0 spiro atoms. The van der Waals surface area contributed by atoms with Crippen LogP contribution in [0.15, 0.2) is 67.0 Å². The Morgan fingerprint density at radius 3 is 2.50 bits per heavy atom. The first-order chi connectivity index (χ1) is 17.1. The van der Waals surface area contributed by atoms with Crippen LogP contribution < -0.4 is 11.1 Å². The minimum atomic E-state index is -1.00. The second-order valence-corrected chi connectivity index (χ2v) is 9.21. The van der Waals surface area contributed by atoms with Crippen LogP contribution in [0.3, 0.4) is 0 Å². The molecule has 8 heteroatoms. The Hall–Kier alpha value is -4.01. The summed E-state index contributed by atoms with van der Waals surface area (Å²) in [4.78, 5) is 25.3. The van der Waals surface area contributed by atoms with Gasteiger partial charge in [0.15, 0.2) is 5.69 Å². The Kier molecular flexibility index (Phi) is 6.30. The highest BCUT2D eigenvalue weighted by Crippen LogP contribution is 2.27. The topological polar surface area (TPSA) is 109 Å².